The molecule has 0 unspecified atom stereocenters. The van der Waals surface area contributed by atoms with Crippen molar-refractivity contribution in [2.24, 2.45) is 0 Å². The summed E-state index contributed by atoms with van der Waals surface area (Å²) < 4.78 is 11.2. The number of halogens is 1. The Balaban J connectivity index is 0.00000288. The molecule has 0 aromatic heterocycles. The van der Waals surface area contributed by atoms with Crippen LogP contribution in [-0.4, -0.2) is 38.3 Å². The maximum Gasteiger partial charge on any atom is 0.237 e. The highest BCUT2D eigenvalue weighted by Gasteiger charge is 2.19. The van der Waals surface area contributed by atoms with E-state index in [-0.39, 0.29) is 24.4 Å². The number of hydrogen-bond acceptors (Lipinski definition) is 4. The number of carbonyl (C=O) groups is 1. The van der Waals surface area contributed by atoms with Gasteiger partial charge in [-0.3, -0.25) is 4.79 Å². The molecule has 2 rings (SSSR count). The number of hydrogen-bond donors (Lipinski definition) is 2. The van der Waals surface area contributed by atoms with Gasteiger partial charge in [-0.05, 0) is 57.4 Å². The van der Waals surface area contributed by atoms with Crippen LogP contribution in [0.25, 0.3) is 0 Å². The van der Waals surface area contributed by atoms with Crippen LogP contribution in [0.3, 0.4) is 0 Å². The number of benzene rings is 1. The molecule has 5 nitrogen and oxygen atoms in total. The molecule has 0 bridgehead atoms. The van der Waals surface area contributed by atoms with Crippen molar-refractivity contribution < 1.29 is 14.3 Å². The Morgan fingerprint density at radius 3 is 2.62 bits per heavy atom. The van der Waals surface area contributed by atoms with Crippen LogP contribution in [0.4, 0.5) is 0 Å². The highest BCUT2D eigenvalue weighted by Crippen LogP contribution is 2.28. The number of carbonyl (C=O) groups excluding carboxylic acids is 1. The molecule has 1 amide bonds. The minimum absolute atomic E-state index is 0. The molecule has 1 aliphatic heterocycles. The lowest BCUT2D eigenvalue weighted by Crippen LogP contribution is -2.47. The van der Waals surface area contributed by atoms with Crippen LogP contribution in [0.2, 0.25) is 0 Å². The van der Waals surface area contributed by atoms with E-state index in [0.29, 0.717) is 19.8 Å². The first-order valence-corrected chi connectivity index (χ1v) is 8.64. The van der Waals surface area contributed by atoms with Gasteiger partial charge < -0.3 is 20.1 Å². The maximum atomic E-state index is 12.1. The van der Waals surface area contributed by atoms with E-state index in [4.69, 9.17) is 9.47 Å². The second-order valence-corrected chi connectivity index (χ2v) is 5.69. The van der Waals surface area contributed by atoms with Gasteiger partial charge in [0, 0.05) is 6.54 Å². The third kappa shape index (κ3) is 6.21. The van der Waals surface area contributed by atoms with Crippen LogP contribution in [0.1, 0.15) is 38.7 Å². The zero-order valence-corrected chi connectivity index (χ0v) is 15.4. The average molecular weight is 357 g/mol. The van der Waals surface area contributed by atoms with Crippen LogP contribution in [0, 0.1) is 0 Å². The fraction of sp³-hybridized carbons (Fsp3) is 0.611. The van der Waals surface area contributed by atoms with Crippen molar-refractivity contribution in [3.63, 3.8) is 0 Å². The van der Waals surface area contributed by atoms with Crippen LogP contribution in [0.15, 0.2) is 18.2 Å². The van der Waals surface area contributed by atoms with Crippen LogP contribution in [-0.2, 0) is 11.2 Å². The molecule has 1 atom stereocenters. The molecule has 1 aromatic carbocycles. The minimum atomic E-state index is -0.0249. The smallest absolute Gasteiger partial charge is 0.237 e. The van der Waals surface area contributed by atoms with Crippen LogP contribution >= 0.6 is 12.4 Å². The molecule has 1 fully saturated rings. The molecule has 136 valence electrons. The summed E-state index contributed by atoms with van der Waals surface area (Å²) in [5.41, 5.74) is 1.13. The largest absolute Gasteiger partial charge is 0.490 e. The van der Waals surface area contributed by atoms with E-state index in [2.05, 4.69) is 10.6 Å². The first-order chi connectivity index (χ1) is 11.2. The van der Waals surface area contributed by atoms with Gasteiger partial charge >= 0.3 is 0 Å². The molecule has 6 heteroatoms. The molecule has 0 aliphatic carbocycles. The number of nitrogens with one attached hydrogen (secondary N) is 2. The third-order valence-corrected chi connectivity index (χ3v) is 3.95. The van der Waals surface area contributed by atoms with Gasteiger partial charge in [-0.15, -0.1) is 12.4 Å². The Kier molecular flexibility index (Phi) is 9.57. The van der Waals surface area contributed by atoms with Gasteiger partial charge in [-0.1, -0.05) is 12.5 Å². The first-order valence-electron chi connectivity index (χ1n) is 8.64. The van der Waals surface area contributed by atoms with Crippen molar-refractivity contribution in [3.8, 4) is 11.5 Å². The van der Waals surface area contributed by atoms with Crippen molar-refractivity contribution in [1.29, 1.82) is 0 Å². The van der Waals surface area contributed by atoms with Gasteiger partial charge in [0.25, 0.3) is 0 Å². The highest BCUT2D eigenvalue weighted by atomic mass is 35.5. The number of amides is 1. The topological polar surface area (TPSA) is 59.6 Å². The quantitative estimate of drug-likeness (QED) is 0.752. The van der Waals surface area contributed by atoms with Gasteiger partial charge in [-0.25, -0.2) is 0 Å². The fourth-order valence-electron chi connectivity index (χ4n) is 2.78. The van der Waals surface area contributed by atoms with E-state index in [1.807, 2.05) is 32.0 Å². The molecular formula is C18H29ClN2O3. The summed E-state index contributed by atoms with van der Waals surface area (Å²) in [5, 5.41) is 6.28. The van der Waals surface area contributed by atoms with Crippen molar-refractivity contribution in [2.45, 2.75) is 45.6 Å². The van der Waals surface area contributed by atoms with Crippen molar-refractivity contribution in [1.82, 2.24) is 10.6 Å². The van der Waals surface area contributed by atoms with Crippen LogP contribution in [0.5, 0.6) is 11.5 Å². The predicted molar refractivity (Wildman–Crippen MR) is 98.4 cm³/mol. The Bertz CT molecular complexity index is 505. The highest BCUT2D eigenvalue weighted by molar-refractivity contribution is 5.85. The van der Waals surface area contributed by atoms with E-state index >= 15 is 0 Å². The fourth-order valence-corrected chi connectivity index (χ4v) is 2.78. The van der Waals surface area contributed by atoms with E-state index in [1.54, 1.807) is 0 Å². The lowest BCUT2D eigenvalue weighted by molar-refractivity contribution is -0.123. The van der Waals surface area contributed by atoms with Crippen LogP contribution < -0.4 is 20.1 Å². The number of rotatable bonds is 8. The Labute approximate surface area is 150 Å². The molecule has 0 saturated carbocycles. The standard InChI is InChI=1S/C18H28N2O3.ClH/c1-3-22-16-9-8-14(13-17(16)23-4-2)10-12-20-18(21)15-7-5-6-11-19-15;/h8-9,13,15,19H,3-7,10-12H2,1-2H3,(H,20,21);1H/t15-;/m0./s1. The lowest BCUT2D eigenvalue weighted by atomic mass is 10.0. The van der Waals surface area contributed by atoms with Gasteiger partial charge in [0.2, 0.25) is 5.91 Å². The average Bonchev–Trinajstić information content (AvgIpc) is 2.58. The molecule has 24 heavy (non-hydrogen) atoms. The van der Waals surface area contributed by atoms with Gasteiger partial charge in [0.05, 0.1) is 19.3 Å². The summed E-state index contributed by atoms with van der Waals surface area (Å²) in [4.78, 5) is 12.1. The maximum absolute atomic E-state index is 12.1. The SMILES string of the molecule is CCOc1ccc(CCNC(=O)[C@@H]2CCCCN2)cc1OCC.Cl. The zero-order chi connectivity index (χ0) is 16.5. The van der Waals surface area contributed by atoms with E-state index in [0.717, 1.165) is 49.3 Å². The van der Waals surface area contributed by atoms with Gasteiger partial charge in [0.15, 0.2) is 11.5 Å². The normalized spacial score (nSPS) is 16.8. The summed E-state index contributed by atoms with van der Waals surface area (Å²) in [5.74, 6) is 1.65. The summed E-state index contributed by atoms with van der Waals surface area (Å²) in [7, 11) is 0. The number of ether oxygens (including phenoxy) is 2. The van der Waals surface area contributed by atoms with E-state index in [1.165, 1.54) is 0 Å². The molecular weight excluding hydrogens is 328 g/mol. The third-order valence-electron chi connectivity index (χ3n) is 3.95. The lowest BCUT2D eigenvalue weighted by Gasteiger charge is -2.22. The Hall–Kier alpha value is -1.46. The molecule has 0 radical (unpaired) electrons. The molecule has 1 aliphatic rings. The molecule has 1 aromatic rings. The number of piperidine rings is 1. The molecule has 1 saturated heterocycles. The molecule has 2 N–H and O–H groups in total. The van der Waals surface area contributed by atoms with Crippen molar-refractivity contribution in [2.75, 3.05) is 26.3 Å². The second-order valence-electron chi connectivity index (χ2n) is 5.69. The predicted octanol–water partition coefficient (Wildman–Crippen LogP) is 2.71. The summed E-state index contributed by atoms with van der Waals surface area (Å²) in [6, 6.07) is 5.94. The summed E-state index contributed by atoms with van der Waals surface area (Å²) in [6.45, 7) is 6.71. The van der Waals surface area contributed by atoms with Gasteiger partial charge in [-0.2, -0.15) is 0 Å². The monoisotopic (exact) mass is 356 g/mol. The minimum Gasteiger partial charge on any atom is -0.490 e. The summed E-state index contributed by atoms with van der Waals surface area (Å²) >= 11 is 0. The molecule has 1 heterocycles. The molecule has 0 spiro atoms. The first kappa shape index (κ1) is 20.6. The summed E-state index contributed by atoms with van der Waals surface area (Å²) in [6.07, 6.45) is 4.01. The van der Waals surface area contributed by atoms with Gasteiger partial charge in [0.1, 0.15) is 0 Å². The Morgan fingerprint density at radius 2 is 1.96 bits per heavy atom. The zero-order valence-electron chi connectivity index (χ0n) is 14.6. The Morgan fingerprint density at radius 1 is 1.21 bits per heavy atom. The van der Waals surface area contributed by atoms with E-state index in [9.17, 15) is 4.79 Å². The second kappa shape index (κ2) is 11.2. The van der Waals surface area contributed by atoms with Crippen molar-refractivity contribution >= 4 is 18.3 Å². The van der Waals surface area contributed by atoms with E-state index < -0.39 is 0 Å². The van der Waals surface area contributed by atoms with Crippen molar-refractivity contribution in [3.05, 3.63) is 23.8 Å².